The van der Waals surface area contributed by atoms with Crippen molar-refractivity contribution in [1.82, 2.24) is 9.97 Å². The van der Waals surface area contributed by atoms with E-state index in [0.29, 0.717) is 0 Å². The summed E-state index contributed by atoms with van der Waals surface area (Å²) in [6.07, 6.45) is 17.8. The first-order valence-electron chi connectivity index (χ1n) is 10.3. The lowest BCUT2D eigenvalue weighted by molar-refractivity contribution is 0.484. The van der Waals surface area contributed by atoms with Crippen molar-refractivity contribution >= 4 is 19.7 Å². The highest BCUT2D eigenvalue weighted by atomic mass is 31.1. The molecule has 0 bridgehead atoms. The molecule has 2 aliphatic carbocycles. The summed E-state index contributed by atoms with van der Waals surface area (Å²) in [5.41, 5.74) is 1.65. The van der Waals surface area contributed by atoms with Crippen molar-refractivity contribution in [3.05, 3.63) is 48.8 Å². The van der Waals surface area contributed by atoms with Gasteiger partial charge in [0.25, 0.3) is 0 Å². The zero-order valence-corrected chi connectivity index (χ0v) is 16.5. The van der Waals surface area contributed by atoms with Crippen LogP contribution >= 0.6 is 8.07 Å². The Labute approximate surface area is 159 Å². The van der Waals surface area contributed by atoms with Gasteiger partial charge in [-0.3, -0.25) is 4.67 Å². The van der Waals surface area contributed by atoms with Crippen molar-refractivity contribution in [2.45, 2.75) is 75.5 Å². The van der Waals surface area contributed by atoms with Crippen LogP contribution in [0.15, 0.2) is 48.8 Å². The van der Waals surface area contributed by atoms with Crippen LogP contribution in [0, 0.1) is 0 Å². The summed E-state index contributed by atoms with van der Waals surface area (Å²) in [5.74, 6) is 2.18. The highest BCUT2D eigenvalue weighted by Crippen LogP contribution is 2.61. The minimum atomic E-state index is -0.305. The number of rotatable bonds is 5. The molecule has 2 aliphatic rings. The molecule has 4 rings (SSSR count). The van der Waals surface area contributed by atoms with Crippen LogP contribution in [0.1, 0.15) is 64.2 Å². The van der Waals surface area contributed by atoms with Gasteiger partial charge >= 0.3 is 0 Å². The standard InChI is InChI=1S/C22H30N3P/c1-3-11-19(12-4-1)26(20-13-5-2-6-14-20)25(21-15-7-9-17-23-21)22-16-8-10-18-24-22/h7-10,15-20H,1-6,11-14H2. The predicted molar refractivity (Wildman–Crippen MR) is 111 cm³/mol. The summed E-state index contributed by atoms with van der Waals surface area (Å²) in [4.78, 5) is 9.54. The van der Waals surface area contributed by atoms with Gasteiger partial charge in [0.2, 0.25) is 0 Å². The first-order valence-corrected chi connectivity index (χ1v) is 11.8. The zero-order valence-electron chi connectivity index (χ0n) is 15.6. The maximum absolute atomic E-state index is 4.77. The molecular formula is C22H30N3P. The van der Waals surface area contributed by atoms with E-state index in [-0.39, 0.29) is 8.07 Å². The van der Waals surface area contributed by atoms with Gasteiger partial charge in [-0.15, -0.1) is 0 Å². The molecule has 26 heavy (non-hydrogen) atoms. The Balaban J connectivity index is 1.74. The Morgan fingerprint density at radius 1 is 0.654 bits per heavy atom. The molecule has 4 heteroatoms. The molecule has 0 aromatic carbocycles. The fraction of sp³-hybridized carbons (Fsp3) is 0.545. The van der Waals surface area contributed by atoms with E-state index >= 15 is 0 Å². The average Bonchev–Trinajstić information content (AvgIpc) is 2.74. The number of pyridine rings is 2. The predicted octanol–water partition coefficient (Wildman–Crippen LogP) is 6.68. The topological polar surface area (TPSA) is 29.0 Å². The summed E-state index contributed by atoms with van der Waals surface area (Å²) in [6, 6.07) is 12.6. The van der Waals surface area contributed by atoms with Gasteiger partial charge in [-0.25, -0.2) is 9.97 Å². The van der Waals surface area contributed by atoms with Crippen molar-refractivity contribution in [2.75, 3.05) is 4.67 Å². The molecule has 138 valence electrons. The third-order valence-electron chi connectivity index (χ3n) is 5.86. The maximum Gasteiger partial charge on any atom is 0.137 e. The Morgan fingerprint density at radius 2 is 1.12 bits per heavy atom. The third-order valence-corrected chi connectivity index (χ3v) is 9.26. The van der Waals surface area contributed by atoms with Crippen LogP contribution < -0.4 is 4.67 Å². The van der Waals surface area contributed by atoms with Crippen LogP contribution in [-0.4, -0.2) is 21.3 Å². The Morgan fingerprint density at radius 3 is 1.50 bits per heavy atom. The molecule has 2 aromatic heterocycles. The van der Waals surface area contributed by atoms with E-state index in [1.54, 1.807) is 0 Å². The van der Waals surface area contributed by atoms with Gasteiger partial charge in [0.15, 0.2) is 0 Å². The van der Waals surface area contributed by atoms with Gasteiger partial charge in [-0.05, 0) is 61.3 Å². The highest BCUT2D eigenvalue weighted by Gasteiger charge is 2.37. The molecule has 2 heterocycles. The molecule has 3 nitrogen and oxygen atoms in total. The molecular weight excluding hydrogens is 337 g/mol. The number of anilines is 2. The molecule has 0 saturated heterocycles. The largest absolute Gasteiger partial charge is 0.288 e. The fourth-order valence-corrected chi connectivity index (χ4v) is 8.38. The number of hydrogen-bond acceptors (Lipinski definition) is 3. The summed E-state index contributed by atoms with van der Waals surface area (Å²) in [7, 11) is -0.305. The monoisotopic (exact) mass is 367 g/mol. The number of nitrogens with zero attached hydrogens (tertiary/aromatic N) is 3. The molecule has 0 unspecified atom stereocenters. The van der Waals surface area contributed by atoms with Crippen molar-refractivity contribution in [1.29, 1.82) is 0 Å². The normalized spacial score (nSPS) is 19.6. The summed E-state index contributed by atoms with van der Waals surface area (Å²) < 4.78 is 2.56. The first-order chi connectivity index (χ1) is 12.9. The minimum absolute atomic E-state index is 0.305. The van der Waals surface area contributed by atoms with Crippen molar-refractivity contribution in [3.63, 3.8) is 0 Å². The van der Waals surface area contributed by atoms with Crippen molar-refractivity contribution in [2.24, 2.45) is 0 Å². The van der Waals surface area contributed by atoms with Crippen LogP contribution in [0.5, 0.6) is 0 Å². The zero-order chi connectivity index (χ0) is 17.6. The Bertz CT molecular complexity index is 594. The minimum Gasteiger partial charge on any atom is -0.288 e. The highest BCUT2D eigenvalue weighted by molar-refractivity contribution is 7.61. The van der Waals surface area contributed by atoms with E-state index in [0.717, 1.165) is 23.0 Å². The van der Waals surface area contributed by atoms with Gasteiger partial charge in [-0.2, -0.15) is 0 Å². The molecule has 0 amide bonds. The maximum atomic E-state index is 4.77. The molecule has 2 aromatic rings. The summed E-state index contributed by atoms with van der Waals surface area (Å²) >= 11 is 0. The smallest absolute Gasteiger partial charge is 0.137 e. The average molecular weight is 367 g/mol. The van der Waals surface area contributed by atoms with Crippen LogP contribution in [0.25, 0.3) is 0 Å². The summed E-state index contributed by atoms with van der Waals surface area (Å²) in [6.45, 7) is 0. The van der Waals surface area contributed by atoms with Crippen molar-refractivity contribution < 1.29 is 0 Å². The lowest BCUT2D eigenvalue weighted by Gasteiger charge is -2.44. The van der Waals surface area contributed by atoms with E-state index < -0.39 is 0 Å². The van der Waals surface area contributed by atoms with E-state index in [1.165, 1.54) is 64.2 Å². The first kappa shape index (κ1) is 17.9. The van der Waals surface area contributed by atoms with E-state index in [4.69, 9.17) is 9.97 Å². The molecule has 0 radical (unpaired) electrons. The molecule has 0 aliphatic heterocycles. The van der Waals surface area contributed by atoms with Gasteiger partial charge in [0.05, 0.1) is 0 Å². The van der Waals surface area contributed by atoms with Crippen LogP contribution in [-0.2, 0) is 0 Å². The second-order valence-corrected chi connectivity index (χ2v) is 10.3. The lowest BCUT2D eigenvalue weighted by Crippen LogP contribution is -2.30. The van der Waals surface area contributed by atoms with Gasteiger partial charge in [0, 0.05) is 20.5 Å². The van der Waals surface area contributed by atoms with Gasteiger partial charge in [0.1, 0.15) is 11.6 Å². The van der Waals surface area contributed by atoms with E-state index in [9.17, 15) is 0 Å². The number of aromatic nitrogens is 2. The Hall–Kier alpha value is -1.47. The fourth-order valence-electron chi connectivity index (χ4n) is 4.63. The number of hydrogen-bond donors (Lipinski definition) is 0. The van der Waals surface area contributed by atoms with Crippen LogP contribution in [0.3, 0.4) is 0 Å². The van der Waals surface area contributed by atoms with Gasteiger partial charge < -0.3 is 0 Å². The third kappa shape index (κ3) is 4.09. The molecule has 0 atom stereocenters. The SMILES string of the molecule is c1ccc(N(c2ccccn2)P(C2CCCCC2)C2CCCCC2)nc1. The Kier molecular flexibility index (Phi) is 6.17. The second kappa shape index (κ2) is 8.95. The van der Waals surface area contributed by atoms with E-state index in [2.05, 4.69) is 28.9 Å². The van der Waals surface area contributed by atoms with Crippen LogP contribution in [0.4, 0.5) is 11.6 Å². The lowest BCUT2D eigenvalue weighted by atomic mass is 10.00. The molecule has 0 spiro atoms. The molecule has 2 saturated carbocycles. The van der Waals surface area contributed by atoms with Gasteiger partial charge in [-0.1, -0.05) is 50.7 Å². The quantitative estimate of drug-likeness (QED) is 0.552. The van der Waals surface area contributed by atoms with Crippen LogP contribution in [0.2, 0.25) is 0 Å². The molecule has 0 N–H and O–H groups in total. The molecule has 2 fully saturated rings. The second-order valence-electron chi connectivity index (χ2n) is 7.65. The van der Waals surface area contributed by atoms with Crippen molar-refractivity contribution in [3.8, 4) is 0 Å². The van der Waals surface area contributed by atoms with E-state index in [1.807, 2.05) is 24.5 Å². The summed E-state index contributed by atoms with van der Waals surface area (Å²) in [5, 5.41) is 0.